The van der Waals surface area contributed by atoms with Crippen LogP contribution in [-0.4, -0.2) is 9.97 Å². The molecular formula is C17H13BrCl3N3. The molecule has 0 bridgehead atoms. The molecule has 24 heavy (non-hydrogen) atoms. The van der Waals surface area contributed by atoms with Gasteiger partial charge in [-0.2, -0.15) is 0 Å². The summed E-state index contributed by atoms with van der Waals surface area (Å²) in [6.07, 6.45) is 1.78. The molecule has 0 atom stereocenters. The highest BCUT2D eigenvalue weighted by Crippen LogP contribution is 2.35. The molecule has 3 rings (SSSR count). The first-order valence-corrected chi connectivity index (χ1v) is 8.40. The van der Waals surface area contributed by atoms with Gasteiger partial charge in [0.1, 0.15) is 5.82 Å². The number of halogens is 4. The number of hydrogen-bond acceptors (Lipinski definition) is 3. The topological polar surface area (TPSA) is 51.8 Å². The van der Waals surface area contributed by atoms with Crippen molar-refractivity contribution in [3.05, 3.63) is 69.0 Å². The Morgan fingerprint density at radius 2 is 1.71 bits per heavy atom. The SMILES string of the molecule is Cl.NCc1ncc(-c2ccc(Br)cc2)c(-c2ccc(Cl)cc2Cl)n1. The van der Waals surface area contributed by atoms with Gasteiger partial charge >= 0.3 is 0 Å². The molecule has 2 aromatic carbocycles. The summed E-state index contributed by atoms with van der Waals surface area (Å²) in [7, 11) is 0. The van der Waals surface area contributed by atoms with Crippen molar-refractivity contribution >= 4 is 51.5 Å². The van der Waals surface area contributed by atoms with E-state index < -0.39 is 0 Å². The van der Waals surface area contributed by atoms with Crippen molar-refractivity contribution in [2.45, 2.75) is 6.54 Å². The van der Waals surface area contributed by atoms with Gasteiger partial charge in [0.25, 0.3) is 0 Å². The Balaban J connectivity index is 0.00000208. The zero-order chi connectivity index (χ0) is 16.4. The van der Waals surface area contributed by atoms with E-state index in [-0.39, 0.29) is 19.0 Å². The molecular weight excluding hydrogens is 432 g/mol. The van der Waals surface area contributed by atoms with Crippen molar-refractivity contribution < 1.29 is 0 Å². The van der Waals surface area contributed by atoms with Crippen LogP contribution in [0.5, 0.6) is 0 Å². The van der Waals surface area contributed by atoms with Gasteiger partial charge in [-0.1, -0.05) is 51.3 Å². The molecule has 3 nitrogen and oxygen atoms in total. The summed E-state index contributed by atoms with van der Waals surface area (Å²) in [4.78, 5) is 8.89. The van der Waals surface area contributed by atoms with Crippen molar-refractivity contribution in [1.29, 1.82) is 0 Å². The highest BCUT2D eigenvalue weighted by molar-refractivity contribution is 9.10. The van der Waals surface area contributed by atoms with Crippen molar-refractivity contribution in [2.24, 2.45) is 5.73 Å². The van der Waals surface area contributed by atoms with Gasteiger partial charge in [-0.05, 0) is 35.9 Å². The highest BCUT2D eigenvalue weighted by atomic mass is 79.9. The van der Waals surface area contributed by atoms with E-state index in [2.05, 4.69) is 25.9 Å². The van der Waals surface area contributed by atoms with Gasteiger partial charge in [0, 0.05) is 26.8 Å². The van der Waals surface area contributed by atoms with Gasteiger partial charge in [-0.15, -0.1) is 12.4 Å². The zero-order valence-electron chi connectivity index (χ0n) is 12.3. The van der Waals surface area contributed by atoms with Crippen molar-refractivity contribution in [3.8, 4) is 22.4 Å². The Labute approximate surface area is 164 Å². The van der Waals surface area contributed by atoms with Gasteiger partial charge in [0.2, 0.25) is 0 Å². The summed E-state index contributed by atoms with van der Waals surface area (Å²) < 4.78 is 1.01. The van der Waals surface area contributed by atoms with Crippen molar-refractivity contribution in [3.63, 3.8) is 0 Å². The number of nitrogens with zero attached hydrogens (tertiary/aromatic N) is 2. The van der Waals surface area contributed by atoms with E-state index in [1.54, 1.807) is 18.3 Å². The van der Waals surface area contributed by atoms with E-state index in [1.807, 2.05) is 30.3 Å². The molecule has 0 saturated carbocycles. The number of hydrogen-bond donors (Lipinski definition) is 1. The van der Waals surface area contributed by atoms with Gasteiger partial charge in [0.05, 0.1) is 17.3 Å². The lowest BCUT2D eigenvalue weighted by atomic mass is 10.0. The summed E-state index contributed by atoms with van der Waals surface area (Å²) >= 11 is 15.8. The predicted octanol–water partition coefficient (Wildman–Crippen LogP) is 5.76. The van der Waals surface area contributed by atoms with E-state index >= 15 is 0 Å². The molecule has 0 aliphatic heterocycles. The second kappa shape index (κ2) is 8.28. The van der Waals surface area contributed by atoms with Crippen LogP contribution in [0.4, 0.5) is 0 Å². The van der Waals surface area contributed by atoms with E-state index in [0.29, 0.717) is 15.9 Å². The lowest BCUT2D eigenvalue weighted by Gasteiger charge is -2.12. The summed E-state index contributed by atoms with van der Waals surface area (Å²) in [6, 6.07) is 13.3. The minimum atomic E-state index is 0. The molecule has 0 saturated heterocycles. The third-order valence-corrected chi connectivity index (χ3v) is 4.44. The molecule has 0 unspecified atom stereocenters. The Hall–Kier alpha value is -1.17. The fourth-order valence-electron chi connectivity index (χ4n) is 2.24. The summed E-state index contributed by atoms with van der Waals surface area (Å²) in [6.45, 7) is 0.263. The standard InChI is InChI=1S/C17H12BrCl2N3.ClH/c18-11-3-1-10(2-4-11)14-9-22-16(8-21)23-17(14)13-6-5-12(19)7-15(13)20;/h1-7,9H,8,21H2;1H. The first-order valence-electron chi connectivity index (χ1n) is 6.86. The van der Waals surface area contributed by atoms with E-state index in [9.17, 15) is 0 Å². The Morgan fingerprint density at radius 3 is 2.33 bits per heavy atom. The second-order valence-corrected chi connectivity index (χ2v) is 6.64. The van der Waals surface area contributed by atoms with Crippen LogP contribution in [-0.2, 0) is 6.54 Å². The summed E-state index contributed by atoms with van der Waals surface area (Å²) in [5.74, 6) is 0.562. The lowest BCUT2D eigenvalue weighted by molar-refractivity contribution is 0.913. The fraction of sp³-hybridized carbons (Fsp3) is 0.0588. The number of nitrogens with two attached hydrogens (primary N) is 1. The molecule has 0 amide bonds. The summed E-state index contributed by atoms with van der Waals surface area (Å²) in [5.41, 5.74) is 9.11. The quantitative estimate of drug-likeness (QED) is 0.558. The first kappa shape index (κ1) is 19.2. The zero-order valence-corrected chi connectivity index (χ0v) is 16.3. The molecule has 1 aromatic heterocycles. The largest absolute Gasteiger partial charge is 0.324 e. The van der Waals surface area contributed by atoms with Gasteiger partial charge in [-0.3, -0.25) is 0 Å². The average molecular weight is 446 g/mol. The Morgan fingerprint density at radius 1 is 1.00 bits per heavy atom. The molecule has 2 N–H and O–H groups in total. The van der Waals surface area contributed by atoms with Crippen molar-refractivity contribution in [1.82, 2.24) is 9.97 Å². The van der Waals surface area contributed by atoms with Crippen LogP contribution < -0.4 is 5.73 Å². The van der Waals surface area contributed by atoms with Crippen LogP contribution in [0.25, 0.3) is 22.4 Å². The molecule has 0 spiro atoms. The van der Waals surface area contributed by atoms with Crippen LogP contribution >= 0.6 is 51.5 Å². The van der Waals surface area contributed by atoms with Gasteiger partial charge in [0.15, 0.2) is 0 Å². The third kappa shape index (κ3) is 4.08. The van der Waals surface area contributed by atoms with Gasteiger partial charge in [-0.25, -0.2) is 9.97 Å². The van der Waals surface area contributed by atoms with Crippen LogP contribution in [0.15, 0.2) is 53.1 Å². The number of rotatable bonds is 3. The molecule has 0 aliphatic carbocycles. The summed E-state index contributed by atoms with van der Waals surface area (Å²) in [5, 5.41) is 1.12. The molecule has 3 aromatic rings. The fourth-order valence-corrected chi connectivity index (χ4v) is 3.01. The maximum Gasteiger partial charge on any atom is 0.142 e. The van der Waals surface area contributed by atoms with E-state index in [0.717, 1.165) is 26.9 Å². The smallest absolute Gasteiger partial charge is 0.142 e. The highest BCUT2D eigenvalue weighted by Gasteiger charge is 2.14. The number of aromatic nitrogens is 2. The molecule has 0 radical (unpaired) electrons. The maximum absolute atomic E-state index is 6.36. The Bertz CT molecular complexity index is 854. The molecule has 0 aliphatic rings. The Kier molecular flexibility index (Phi) is 6.61. The normalized spacial score (nSPS) is 10.3. The monoisotopic (exact) mass is 443 g/mol. The van der Waals surface area contributed by atoms with Crippen molar-refractivity contribution in [2.75, 3.05) is 0 Å². The molecule has 0 fully saturated rings. The third-order valence-electron chi connectivity index (χ3n) is 3.36. The minimum absolute atomic E-state index is 0. The van der Waals surface area contributed by atoms with E-state index in [4.69, 9.17) is 28.9 Å². The molecule has 7 heteroatoms. The van der Waals surface area contributed by atoms with Crippen LogP contribution in [0.1, 0.15) is 5.82 Å². The first-order chi connectivity index (χ1) is 11.1. The average Bonchev–Trinajstić information content (AvgIpc) is 2.55. The molecule has 124 valence electrons. The molecule has 1 heterocycles. The van der Waals surface area contributed by atoms with Gasteiger partial charge < -0.3 is 5.73 Å². The minimum Gasteiger partial charge on any atom is -0.324 e. The van der Waals surface area contributed by atoms with Crippen LogP contribution in [0.3, 0.4) is 0 Å². The number of benzene rings is 2. The maximum atomic E-state index is 6.36. The second-order valence-electron chi connectivity index (χ2n) is 4.88. The van der Waals surface area contributed by atoms with E-state index in [1.165, 1.54) is 0 Å². The predicted molar refractivity (Wildman–Crippen MR) is 106 cm³/mol. The van der Waals surface area contributed by atoms with Crippen LogP contribution in [0.2, 0.25) is 10.0 Å². The lowest BCUT2D eigenvalue weighted by Crippen LogP contribution is -2.05. The van der Waals surface area contributed by atoms with Crippen LogP contribution in [0, 0.1) is 0 Å².